The Hall–Kier alpha value is -0.240. The van der Waals surface area contributed by atoms with Crippen molar-refractivity contribution in [1.82, 2.24) is 0 Å². The molecule has 1 aromatic carbocycles. The topological polar surface area (TPSA) is 26.0 Å². The maximum absolute atomic E-state index is 5.75. The summed E-state index contributed by atoms with van der Waals surface area (Å²) in [5, 5.41) is 1.11. The minimum absolute atomic E-state index is 0.356. The molecule has 0 saturated carbocycles. The highest BCUT2D eigenvalue weighted by molar-refractivity contribution is 6.35. The molecule has 1 radical (unpaired) electrons. The number of nitrogens with two attached hydrogens (primary N) is 1. The third-order valence-electron chi connectivity index (χ3n) is 1.20. The van der Waals surface area contributed by atoms with Gasteiger partial charge in [0.1, 0.15) is 0 Å². The van der Waals surface area contributed by atoms with E-state index in [1.807, 2.05) is 0 Å². The van der Waals surface area contributed by atoms with Crippen LogP contribution >= 0.6 is 23.2 Å². The summed E-state index contributed by atoms with van der Waals surface area (Å²) < 4.78 is 0. The largest absolute Gasteiger partial charge is 0.326 e. The van der Waals surface area contributed by atoms with Crippen molar-refractivity contribution in [1.29, 1.82) is 0 Å². The lowest BCUT2D eigenvalue weighted by Gasteiger charge is -2.00. The first-order valence-electron chi connectivity index (χ1n) is 2.80. The lowest BCUT2D eigenvalue weighted by molar-refractivity contribution is 1.07. The third-order valence-corrected chi connectivity index (χ3v) is 1.89. The van der Waals surface area contributed by atoms with Crippen LogP contribution in [0.5, 0.6) is 0 Å². The molecular formula is C7H6Cl2N. The molecule has 0 aliphatic heterocycles. The van der Waals surface area contributed by atoms with Gasteiger partial charge in [-0.2, -0.15) is 0 Å². The Morgan fingerprint density at radius 2 is 2.20 bits per heavy atom. The molecule has 3 heteroatoms. The Morgan fingerprint density at radius 1 is 1.50 bits per heavy atom. The molecular weight excluding hydrogens is 169 g/mol. The first kappa shape index (κ1) is 7.86. The molecule has 0 aliphatic rings. The first-order chi connectivity index (χ1) is 4.75. The summed E-state index contributed by atoms with van der Waals surface area (Å²) in [4.78, 5) is 0. The monoisotopic (exact) mass is 174 g/mol. The number of hydrogen-bond donors (Lipinski definition) is 1. The summed E-state index contributed by atoms with van der Waals surface area (Å²) in [6.07, 6.45) is 0. The predicted octanol–water partition coefficient (Wildman–Crippen LogP) is 2.25. The standard InChI is InChI=1S/C7H6Cl2N/c8-6-2-1-3-7(9)5(6)4-10/h1-2H,4,10H2. The Kier molecular flexibility index (Phi) is 2.55. The Bertz CT molecular complexity index is 215. The smallest absolute Gasteiger partial charge is 0.0544 e. The summed E-state index contributed by atoms with van der Waals surface area (Å²) in [6.45, 7) is 0.356. The molecule has 0 saturated heterocycles. The van der Waals surface area contributed by atoms with E-state index >= 15 is 0 Å². The van der Waals surface area contributed by atoms with Crippen LogP contribution in [-0.4, -0.2) is 0 Å². The lowest BCUT2D eigenvalue weighted by atomic mass is 10.2. The van der Waals surface area contributed by atoms with Gasteiger partial charge >= 0.3 is 0 Å². The predicted molar refractivity (Wildman–Crippen MR) is 43.2 cm³/mol. The van der Waals surface area contributed by atoms with Crippen LogP contribution in [0.1, 0.15) is 5.56 Å². The highest BCUT2D eigenvalue weighted by Gasteiger charge is 2.01. The maximum Gasteiger partial charge on any atom is 0.0544 e. The van der Waals surface area contributed by atoms with Crippen LogP contribution in [0.2, 0.25) is 10.0 Å². The van der Waals surface area contributed by atoms with Gasteiger partial charge in [0.25, 0.3) is 0 Å². The van der Waals surface area contributed by atoms with Gasteiger partial charge in [-0.15, -0.1) is 0 Å². The molecule has 10 heavy (non-hydrogen) atoms. The molecule has 0 bridgehead atoms. The summed E-state index contributed by atoms with van der Waals surface area (Å²) >= 11 is 11.5. The third kappa shape index (κ3) is 1.43. The molecule has 0 aliphatic carbocycles. The van der Waals surface area contributed by atoms with Gasteiger partial charge in [-0.25, -0.2) is 0 Å². The summed E-state index contributed by atoms with van der Waals surface area (Å²) in [5.74, 6) is 0. The highest BCUT2D eigenvalue weighted by Crippen LogP contribution is 2.22. The fraction of sp³-hybridized carbons (Fsp3) is 0.143. The van der Waals surface area contributed by atoms with Crippen LogP contribution in [0.25, 0.3) is 0 Å². The van der Waals surface area contributed by atoms with Crippen molar-refractivity contribution in [3.63, 3.8) is 0 Å². The molecule has 0 amide bonds. The molecule has 53 valence electrons. The van der Waals surface area contributed by atoms with Gasteiger partial charge in [-0.3, -0.25) is 0 Å². The summed E-state index contributed by atoms with van der Waals surface area (Å²) in [6, 6.07) is 6.18. The molecule has 0 spiro atoms. The Labute approximate surface area is 69.7 Å². The van der Waals surface area contributed by atoms with Gasteiger partial charge in [-0.05, 0) is 6.07 Å². The fourth-order valence-electron chi connectivity index (χ4n) is 0.668. The van der Waals surface area contributed by atoms with E-state index in [4.69, 9.17) is 28.9 Å². The molecule has 2 N–H and O–H groups in total. The van der Waals surface area contributed by atoms with E-state index in [1.54, 1.807) is 12.1 Å². The zero-order valence-corrected chi connectivity index (χ0v) is 6.71. The zero-order chi connectivity index (χ0) is 7.56. The Balaban J connectivity index is 3.17. The van der Waals surface area contributed by atoms with E-state index in [0.717, 1.165) is 5.56 Å². The van der Waals surface area contributed by atoms with E-state index in [0.29, 0.717) is 16.6 Å². The number of rotatable bonds is 1. The van der Waals surface area contributed by atoms with Crippen LogP contribution in [0, 0.1) is 6.07 Å². The van der Waals surface area contributed by atoms with Crippen LogP contribution in [0.3, 0.4) is 0 Å². The van der Waals surface area contributed by atoms with E-state index in [9.17, 15) is 0 Å². The van der Waals surface area contributed by atoms with E-state index in [1.165, 1.54) is 0 Å². The van der Waals surface area contributed by atoms with Crippen molar-refractivity contribution in [2.45, 2.75) is 6.54 Å². The maximum atomic E-state index is 5.75. The SMILES string of the molecule is NCc1c(Cl)[c]ccc1Cl. The minimum atomic E-state index is 0.356. The van der Waals surface area contributed by atoms with Crippen LogP contribution in [0.15, 0.2) is 12.1 Å². The molecule has 0 unspecified atom stereocenters. The molecule has 0 fully saturated rings. The van der Waals surface area contributed by atoms with Gasteiger partial charge in [-0.1, -0.05) is 29.3 Å². The number of benzene rings is 1. The zero-order valence-electron chi connectivity index (χ0n) is 5.20. The second-order valence-corrected chi connectivity index (χ2v) is 2.61. The van der Waals surface area contributed by atoms with Crippen molar-refractivity contribution in [3.05, 3.63) is 33.8 Å². The normalized spacial score (nSPS) is 9.90. The van der Waals surface area contributed by atoms with Crippen LogP contribution in [-0.2, 0) is 6.54 Å². The highest BCUT2D eigenvalue weighted by atomic mass is 35.5. The van der Waals surface area contributed by atoms with Crippen molar-refractivity contribution >= 4 is 23.2 Å². The van der Waals surface area contributed by atoms with Crippen molar-refractivity contribution in [2.24, 2.45) is 5.73 Å². The van der Waals surface area contributed by atoms with Gasteiger partial charge in [0.2, 0.25) is 0 Å². The second-order valence-electron chi connectivity index (χ2n) is 1.82. The molecule has 1 rings (SSSR count). The molecule has 1 nitrogen and oxygen atoms in total. The summed E-state index contributed by atoms with van der Waals surface area (Å²) in [7, 11) is 0. The van der Waals surface area contributed by atoms with Crippen LogP contribution in [0.4, 0.5) is 0 Å². The van der Waals surface area contributed by atoms with E-state index < -0.39 is 0 Å². The molecule has 0 heterocycles. The van der Waals surface area contributed by atoms with Gasteiger partial charge in [0.15, 0.2) is 0 Å². The van der Waals surface area contributed by atoms with E-state index in [2.05, 4.69) is 6.07 Å². The van der Waals surface area contributed by atoms with Crippen LogP contribution < -0.4 is 5.73 Å². The molecule has 1 aromatic rings. The quantitative estimate of drug-likeness (QED) is 0.695. The minimum Gasteiger partial charge on any atom is -0.326 e. The fourth-order valence-corrected chi connectivity index (χ4v) is 1.19. The van der Waals surface area contributed by atoms with Crippen molar-refractivity contribution in [3.8, 4) is 0 Å². The van der Waals surface area contributed by atoms with Gasteiger partial charge < -0.3 is 5.73 Å². The van der Waals surface area contributed by atoms with Gasteiger partial charge in [0, 0.05) is 23.2 Å². The molecule has 0 aromatic heterocycles. The number of halogens is 2. The van der Waals surface area contributed by atoms with Crippen molar-refractivity contribution < 1.29 is 0 Å². The van der Waals surface area contributed by atoms with Crippen molar-refractivity contribution in [2.75, 3.05) is 0 Å². The second kappa shape index (κ2) is 3.24. The Morgan fingerprint density at radius 3 is 2.60 bits per heavy atom. The van der Waals surface area contributed by atoms with E-state index in [-0.39, 0.29) is 0 Å². The summed E-state index contributed by atoms with van der Waals surface area (Å²) in [5.41, 5.74) is 6.12. The average molecular weight is 175 g/mol. The molecule has 0 atom stereocenters. The van der Waals surface area contributed by atoms with Gasteiger partial charge in [0.05, 0.1) is 5.02 Å². The lowest BCUT2D eigenvalue weighted by Crippen LogP contribution is -1.97. The number of hydrogen-bond acceptors (Lipinski definition) is 1. The first-order valence-corrected chi connectivity index (χ1v) is 3.56. The average Bonchev–Trinajstić information content (AvgIpc) is 1.88.